The molecule has 0 aliphatic carbocycles. The van der Waals surface area contributed by atoms with Crippen LogP contribution >= 0.6 is 0 Å². The molecule has 17 heavy (non-hydrogen) atoms. The lowest BCUT2D eigenvalue weighted by Crippen LogP contribution is -2.39. The molecule has 2 nitrogen and oxygen atoms in total. The maximum Gasteiger partial charge on any atom is 0.0714 e. The normalized spacial score (nSPS) is 16.2. The molecule has 0 aromatic rings. The van der Waals surface area contributed by atoms with Gasteiger partial charge in [-0.2, -0.15) is 0 Å². The quantitative estimate of drug-likeness (QED) is 0.454. The fourth-order valence-electron chi connectivity index (χ4n) is 2.05. The number of hydrogen-bond acceptors (Lipinski definition) is 2. The molecule has 100 valence electrons. The molecule has 0 spiro atoms. The molecule has 3 atom stereocenters. The zero-order chi connectivity index (χ0) is 13.1. The SMILES string of the molecule is C#CC(NC(C)CCCC)C(C)CCCCN. The van der Waals surface area contributed by atoms with Crippen LogP contribution in [0.3, 0.4) is 0 Å². The largest absolute Gasteiger partial charge is 0.330 e. The molecule has 2 heteroatoms. The molecule has 0 heterocycles. The predicted molar refractivity (Wildman–Crippen MR) is 76.8 cm³/mol. The molecule has 0 aromatic carbocycles. The van der Waals surface area contributed by atoms with E-state index in [9.17, 15) is 0 Å². The molecular formula is C15H30N2. The van der Waals surface area contributed by atoms with Gasteiger partial charge in [0.15, 0.2) is 0 Å². The van der Waals surface area contributed by atoms with E-state index < -0.39 is 0 Å². The van der Waals surface area contributed by atoms with Gasteiger partial charge >= 0.3 is 0 Å². The molecule has 0 saturated heterocycles. The van der Waals surface area contributed by atoms with Crippen LogP contribution in [0.15, 0.2) is 0 Å². The molecule has 0 amide bonds. The van der Waals surface area contributed by atoms with Gasteiger partial charge in [0.1, 0.15) is 0 Å². The molecule has 0 aliphatic heterocycles. The van der Waals surface area contributed by atoms with E-state index in [4.69, 9.17) is 12.2 Å². The summed E-state index contributed by atoms with van der Waals surface area (Å²) in [6.07, 6.45) is 12.8. The molecule has 0 aromatic heterocycles. The number of hydrogen-bond donors (Lipinski definition) is 2. The first-order valence-corrected chi connectivity index (χ1v) is 7.07. The first-order chi connectivity index (χ1) is 8.15. The summed E-state index contributed by atoms with van der Waals surface area (Å²) in [4.78, 5) is 0. The number of nitrogens with two attached hydrogens (primary N) is 1. The lowest BCUT2D eigenvalue weighted by Gasteiger charge is -2.24. The molecule has 0 rings (SSSR count). The van der Waals surface area contributed by atoms with Gasteiger partial charge < -0.3 is 11.1 Å². The first kappa shape index (κ1) is 16.5. The maximum absolute atomic E-state index is 5.62. The number of terminal acetylenes is 1. The van der Waals surface area contributed by atoms with E-state index >= 15 is 0 Å². The van der Waals surface area contributed by atoms with Crippen molar-refractivity contribution in [2.45, 2.75) is 71.4 Å². The molecule has 3 unspecified atom stereocenters. The van der Waals surface area contributed by atoms with Gasteiger partial charge in [0.2, 0.25) is 0 Å². The second-order valence-electron chi connectivity index (χ2n) is 5.12. The summed E-state index contributed by atoms with van der Waals surface area (Å²) >= 11 is 0. The third kappa shape index (κ3) is 8.24. The van der Waals surface area contributed by atoms with E-state index in [0.717, 1.165) is 13.0 Å². The minimum atomic E-state index is 0.208. The third-order valence-electron chi connectivity index (χ3n) is 3.32. The topological polar surface area (TPSA) is 38.0 Å². The summed E-state index contributed by atoms with van der Waals surface area (Å²) in [6.45, 7) is 7.47. The van der Waals surface area contributed by atoms with Crippen molar-refractivity contribution in [2.75, 3.05) is 6.54 Å². The Morgan fingerprint density at radius 3 is 2.41 bits per heavy atom. The van der Waals surface area contributed by atoms with Crippen LogP contribution < -0.4 is 11.1 Å². The van der Waals surface area contributed by atoms with E-state index in [1.807, 2.05) is 0 Å². The van der Waals surface area contributed by atoms with Gasteiger partial charge in [-0.3, -0.25) is 0 Å². The third-order valence-corrected chi connectivity index (χ3v) is 3.32. The van der Waals surface area contributed by atoms with Crippen LogP contribution in [-0.2, 0) is 0 Å². The van der Waals surface area contributed by atoms with Crippen molar-refractivity contribution in [1.82, 2.24) is 5.32 Å². The Balaban J connectivity index is 3.92. The highest BCUT2D eigenvalue weighted by Gasteiger charge is 2.16. The highest BCUT2D eigenvalue weighted by atomic mass is 14.9. The monoisotopic (exact) mass is 238 g/mol. The van der Waals surface area contributed by atoms with E-state index in [0.29, 0.717) is 12.0 Å². The van der Waals surface area contributed by atoms with Crippen LogP contribution in [0.4, 0.5) is 0 Å². The Hall–Kier alpha value is -0.520. The molecule has 0 bridgehead atoms. The van der Waals surface area contributed by atoms with Gasteiger partial charge in [-0.1, -0.05) is 39.0 Å². The molecule has 0 saturated carbocycles. The van der Waals surface area contributed by atoms with E-state index in [2.05, 4.69) is 32.0 Å². The average molecular weight is 238 g/mol. The highest BCUT2D eigenvalue weighted by molar-refractivity contribution is 5.02. The number of nitrogens with one attached hydrogen (secondary N) is 1. The Kier molecular flexibility index (Phi) is 10.3. The summed E-state index contributed by atoms with van der Waals surface area (Å²) in [5.41, 5.74) is 5.50. The zero-order valence-electron chi connectivity index (χ0n) is 11.8. The molecule has 0 radical (unpaired) electrons. The predicted octanol–water partition coefficient (Wildman–Crippen LogP) is 2.92. The lowest BCUT2D eigenvalue weighted by molar-refractivity contribution is 0.363. The van der Waals surface area contributed by atoms with E-state index in [-0.39, 0.29) is 6.04 Å². The van der Waals surface area contributed by atoms with Gasteiger partial charge in [0.25, 0.3) is 0 Å². The minimum Gasteiger partial charge on any atom is -0.330 e. The summed E-state index contributed by atoms with van der Waals surface area (Å²) in [5, 5.41) is 3.56. The van der Waals surface area contributed by atoms with Crippen molar-refractivity contribution in [3.05, 3.63) is 0 Å². The summed E-state index contributed by atoms with van der Waals surface area (Å²) in [6, 6.07) is 0.729. The van der Waals surface area contributed by atoms with Crippen molar-refractivity contribution in [3.63, 3.8) is 0 Å². The van der Waals surface area contributed by atoms with Crippen LogP contribution in [0.25, 0.3) is 0 Å². The van der Waals surface area contributed by atoms with Crippen LogP contribution in [0.1, 0.15) is 59.3 Å². The molecular weight excluding hydrogens is 208 g/mol. The Morgan fingerprint density at radius 1 is 1.18 bits per heavy atom. The standard InChI is InChI=1S/C15H30N2/c1-5-7-11-14(4)17-15(6-2)13(3)10-8-9-12-16/h2,13-15,17H,5,7-12,16H2,1,3-4H3. The van der Waals surface area contributed by atoms with Gasteiger partial charge in [0, 0.05) is 6.04 Å². The second-order valence-corrected chi connectivity index (χ2v) is 5.12. The lowest BCUT2D eigenvalue weighted by atomic mass is 9.95. The summed E-state index contributed by atoms with van der Waals surface area (Å²) in [7, 11) is 0. The van der Waals surface area contributed by atoms with Crippen LogP contribution in [0, 0.1) is 18.3 Å². The van der Waals surface area contributed by atoms with E-state index in [1.54, 1.807) is 0 Å². The fraction of sp³-hybridized carbons (Fsp3) is 0.867. The van der Waals surface area contributed by atoms with Crippen molar-refractivity contribution >= 4 is 0 Å². The van der Waals surface area contributed by atoms with Crippen molar-refractivity contribution < 1.29 is 0 Å². The van der Waals surface area contributed by atoms with E-state index in [1.165, 1.54) is 32.1 Å². The Morgan fingerprint density at radius 2 is 1.88 bits per heavy atom. The molecule has 0 fully saturated rings. The number of rotatable bonds is 10. The number of unbranched alkanes of at least 4 members (excludes halogenated alkanes) is 2. The minimum absolute atomic E-state index is 0.208. The summed E-state index contributed by atoms with van der Waals surface area (Å²) in [5.74, 6) is 3.43. The van der Waals surface area contributed by atoms with Gasteiger partial charge in [0.05, 0.1) is 6.04 Å². The van der Waals surface area contributed by atoms with Gasteiger partial charge in [-0.05, 0) is 38.6 Å². The van der Waals surface area contributed by atoms with Crippen molar-refractivity contribution in [2.24, 2.45) is 11.7 Å². The maximum atomic E-state index is 5.62. The molecule has 3 N–H and O–H groups in total. The van der Waals surface area contributed by atoms with Crippen molar-refractivity contribution in [1.29, 1.82) is 0 Å². The van der Waals surface area contributed by atoms with Crippen LogP contribution in [0.5, 0.6) is 0 Å². The van der Waals surface area contributed by atoms with Gasteiger partial charge in [-0.15, -0.1) is 6.42 Å². The van der Waals surface area contributed by atoms with Crippen LogP contribution in [-0.4, -0.2) is 18.6 Å². The fourth-order valence-corrected chi connectivity index (χ4v) is 2.05. The highest BCUT2D eigenvalue weighted by Crippen LogP contribution is 2.13. The smallest absolute Gasteiger partial charge is 0.0714 e. The second kappa shape index (κ2) is 10.6. The average Bonchev–Trinajstić information content (AvgIpc) is 2.33. The van der Waals surface area contributed by atoms with Crippen molar-refractivity contribution in [3.8, 4) is 12.3 Å². The summed E-state index contributed by atoms with van der Waals surface area (Å²) < 4.78 is 0. The first-order valence-electron chi connectivity index (χ1n) is 7.07. The zero-order valence-corrected chi connectivity index (χ0v) is 11.8. The Labute approximate surface area is 108 Å². The Bertz CT molecular complexity index is 207. The van der Waals surface area contributed by atoms with Crippen LogP contribution in [0.2, 0.25) is 0 Å². The van der Waals surface area contributed by atoms with Gasteiger partial charge in [-0.25, -0.2) is 0 Å². The molecule has 0 aliphatic rings.